The molecule has 0 aliphatic rings. The SMILES string of the molecule is N#CC(=O)c1cc(N)c(F)cc1Cl. The highest BCUT2D eigenvalue weighted by Crippen LogP contribution is 2.22. The van der Waals surface area contributed by atoms with Crippen LogP contribution in [-0.4, -0.2) is 5.78 Å². The smallest absolute Gasteiger partial charge is 0.263 e. The highest BCUT2D eigenvalue weighted by Gasteiger charge is 2.12. The third-order valence-corrected chi connectivity index (χ3v) is 1.75. The molecule has 0 bridgehead atoms. The average Bonchev–Trinajstić information content (AvgIpc) is 2.10. The van der Waals surface area contributed by atoms with Gasteiger partial charge in [0.15, 0.2) is 0 Å². The van der Waals surface area contributed by atoms with E-state index < -0.39 is 11.6 Å². The van der Waals surface area contributed by atoms with Crippen molar-refractivity contribution in [2.45, 2.75) is 0 Å². The molecule has 13 heavy (non-hydrogen) atoms. The van der Waals surface area contributed by atoms with Gasteiger partial charge in [0.2, 0.25) is 0 Å². The molecule has 1 aromatic rings. The number of anilines is 1. The number of hydrogen-bond donors (Lipinski definition) is 1. The van der Waals surface area contributed by atoms with Crippen LogP contribution in [0.3, 0.4) is 0 Å². The molecule has 0 aliphatic heterocycles. The van der Waals surface area contributed by atoms with Crippen LogP contribution < -0.4 is 5.73 Å². The van der Waals surface area contributed by atoms with Gasteiger partial charge >= 0.3 is 0 Å². The van der Waals surface area contributed by atoms with Gasteiger partial charge in [-0.05, 0) is 12.1 Å². The van der Waals surface area contributed by atoms with Crippen molar-refractivity contribution >= 4 is 23.1 Å². The summed E-state index contributed by atoms with van der Waals surface area (Å²) in [4.78, 5) is 10.9. The van der Waals surface area contributed by atoms with Crippen molar-refractivity contribution in [1.29, 1.82) is 5.26 Å². The minimum Gasteiger partial charge on any atom is -0.396 e. The van der Waals surface area contributed by atoms with Crippen LogP contribution in [0.5, 0.6) is 0 Å². The van der Waals surface area contributed by atoms with Crippen LogP contribution in [0, 0.1) is 17.1 Å². The Bertz CT molecular complexity index is 411. The molecule has 0 unspecified atom stereocenters. The van der Waals surface area contributed by atoms with Crippen molar-refractivity contribution < 1.29 is 9.18 Å². The summed E-state index contributed by atoms with van der Waals surface area (Å²) in [6, 6.07) is 3.32. The molecule has 0 spiro atoms. The van der Waals surface area contributed by atoms with E-state index >= 15 is 0 Å². The molecule has 0 amide bonds. The Balaban J connectivity index is 3.33. The van der Waals surface area contributed by atoms with Gasteiger partial charge in [-0.1, -0.05) is 11.6 Å². The number of nitrogen functional groups attached to an aromatic ring is 1. The maximum absolute atomic E-state index is 12.7. The molecule has 0 saturated heterocycles. The Hall–Kier alpha value is -1.60. The average molecular weight is 199 g/mol. The fourth-order valence-corrected chi connectivity index (χ4v) is 1.04. The number of nitrogens with zero attached hydrogens (tertiary/aromatic N) is 1. The molecular formula is C8H4ClFN2O. The first-order chi connectivity index (χ1) is 6.06. The Morgan fingerprint density at radius 3 is 2.77 bits per heavy atom. The second-order valence-electron chi connectivity index (χ2n) is 2.29. The van der Waals surface area contributed by atoms with Gasteiger partial charge in [-0.3, -0.25) is 4.79 Å². The Morgan fingerprint density at radius 1 is 1.62 bits per heavy atom. The van der Waals surface area contributed by atoms with E-state index in [-0.39, 0.29) is 16.3 Å². The second-order valence-corrected chi connectivity index (χ2v) is 2.70. The van der Waals surface area contributed by atoms with Crippen molar-refractivity contribution in [1.82, 2.24) is 0 Å². The van der Waals surface area contributed by atoms with Crippen LogP contribution in [0.15, 0.2) is 12.1 Å². The minimum atomic E-state index is -0.836. The van der Waals surface area contributed by atoms with E-state index in [0.29, 0.717) is 0 Å². The molecule has 2 N–H and O–H groups in total. The molecule has 5 heteroatoms. The lowest BCUT2D eigenvalue weighted by Gasteiger charge is -2.00. The van der Waals surface area contributed by atoms with E-state index in [2.05, 4.69) is 0 Å². The van der Waals surface area contributed by atoms with Gasteiger partial charge in [0.25, 0.3) is 5.78 Å². The molecular weight excluding hydrogens is 195 g/mol. The number of rotatable bonds is 1. The Labute approximate surface area is 78.5 Å². The van der Waals surface area contributed by atoms with E-state index in [0.717, 1.165) is 12.1 Å². The van der Waals surface area contributed by atoms with Crippen LogP contribution in [0.2, 0.25) is 5.02 Å². The molecule has 0 radical (unpaired) electrons. The lowest BCUT2D eigenvalue weighted by Crippen LogP contribution is -2.00. The number of halogens is 2. The second kappa shape index (κ2) is 3.42. The minimum absolute atomic E-state index is 0.0805. The molecule has 0 heterocycles. The van der Waals surface area contributed by atoms with E-state index in [9.17, 15) is 9.18 Å². The molecule has 0 aliphatic carbocycles. The topological polar surface area (TPSA) is 66.9 Å². The lowest BCUT2D eigenvalue weighted by atomic mass is 10.1. The van der Waals surface area contributed by atoms with Gasteiger partial charge in [-0.25, -0.2) is 4.39 Å². The van der Waals surface area contributed by atoms with Crippen LogP contribution in [0.4, 0.5) is 10.1 Å². The van der Waals surface area contributed by atoms with Crippen molar-refractivity contribution in [3.05, 3.63) is 28.5 Å². The van der Waals surface area contributed by atoms with E-state index in [1.807, 2.05) is 0 Å². The summed E-state index contributed by atoms with van der Waals surface area (Å²) in [5.74, 6) is -1.55. The number of Topliss-reactive ketones (excluding diaryl/α,β-unsaturated/α-hetero) is 1. The summed E-state index contributed by atoms with van der Waals surface area (Å²) >= 11 is 5.51. The predicted octanol–water partition coefficient (Wildman–Crippen LogP) is 1.77. The van der Waals surface area contributed by atoms with Crippen LogP contribution >= 0.6 is 11.6 Å². The van der Waals surface area contributed by atoms with Crippen LogP contribution in [0.25, 0.3) is 0 Å². The standard InChI is InChI=1S/C8H4ClFN2O/c9-5-2-6(10)7(12)1-4(5)8(13)3-11/h1-2H,12H2. The summed E-state index contributed by atoms with van der Waals surface area (Å²) in [7, 11) is 0. The van der Waals surface area contributed by atoms with Crippen LogP contribution in [-0.2, 0) is 0 Å². The number of benzene rings is 1. The molecule has 0 aromatic heterocycles. The van der Waals surface area contributed by atoms with Crippen molar-refractivity contribution in [2.24, 2.45) is 0 Å². The normalized spacial score (nSPS) is 9.31. The van der Waals surface area contributed by atoms with Crippen molar-refractivity contribution in [3.8, 4) is 6.07 Å². The Kier molecular flexibility index (Phi) is 2.49. The molecule has 3 nitrogen and oxygen atoms in total. The van der Waals surface area contributed by atoms with Crippen molar-refractivity contribution in [2.75, 3.05) is 5.73 Å². The maximum Gasteiger partial charge on any atom is 0.263 e. The fourth-order valence-electron chi connectivity index (χ4n) is 0.800. The number of hydrogen-bond acceptors (Lipinski definition) is 3. The van der Waals surface area contributed by atoms with Gasteiger partial charge < -0.3 is 5.73 Å². The number of nitriles is 1. The largest absolute Gasteiger partial charge is 0.396 e. The highest BCUT2D eigenvalue weighted by atomic mass is 35.5. The van der Waals surface area contributed by atoms with E-state index in [1.165, 1.54) is 6.07 Å². The summed E-state index contributed by atoms with van der Waals surface area (Å²) in [6.45, 7) is 0. The van der Waals surface area contributed by atoms with Crippen molar-refractivity contribution in [3.63, 3.8) is 0 Å². The number of ketones is 1. The summed E-state index contributed by atoms with van der Waals surface area (Å²) in [6.07, 6.45) is 0. The summed E-state index contributed by atoms with van der Waals surface area (Å²) in [5, 5.41) is 8.17. The first kappa shape index (κ1) is 9.49. The molecule has 1 aromatic carbocycles. The highest BCUT2D eigenvalue weighted by molar-refractivity contribution is 6.35. The number of carbonyl (C=O) groups excluding carboxylic acids is 1. The first-order valence-electron chi connectivity index (χ1n) is 3.25. The van der Waals surface area contributed by atoms with Crippen LogP contribution in [0.1, 0.15) is 10.4 Å². The zero-order chi connectivity index (χ0) is 10.0. The molecule has 0 atom stereocenters. The predicted molar refractivity (Wildman–Crippen MR) is 45.8 cm³/mol. The maximum atomic E-state index is 12.7. The fraction of sp³-hybridized carbons (Fsp3) is 0. The zero-order valence-corrected chi connectivity index (χ0v) is 7.10. The molecule has 0 saturated carbocycles. The van der Waals surface area contributed by atoms with Gasteiger partial charge in [0, 0.05) is 0 Å². The van der Waals surface area contributed by atoms with E-state index in [4.69, 9.17) is 22.6 Å². The monoisotopic (exact) mass is 198 g/mol. The first-order valence-corrected chi connectivity index (χ1v) is 3.63. The van der Waals surface area contributed by atoms with Gasteiger partial charge in [0.1, 0.15) is 11.9 Å². The number of carbonyl (C=O) groups is 1. The summed E-state index contributed by atoms with van der Waals surface area (Å²) in [5.41, 5.74) is 4.90. The van der Waals surface area contributed by atoms with Gasteiger partial charge in [0.05, 0.1) is 16.3 Å². The summed E-state index contributed by atoms with van der Waals surface area (Å²) < 4.78 is 12.7. The van der Waals surface area contributed by atoms with E-state index in [1.54, 1.807) is 0 Å². The molecule has 66 valence electrons. The third kappa shape index (κ3) is 1.76. The van der Waals surface area contributed by atoms with Gasteiger partial charge in [-0.2, -0.15) is 5.26 Å². The molecule has 0 fully saturated rings. The lowest BCUT2D eigenvalue weighted by molar-refractivity contribution is 0.105. The third-order valence-electron chi connectivity index (χ3n) is 1.43. The zero-order valence-electron chi connectivity index (χ0n) is 6.34. The Morgan fingerprint density at radius 2 is 2.23 bits per heavy atom. The quantitative estimate of drug-likeness (QED) is 0.425. The number of nitrogens with two attached hydrogens (primary N) is 1. The molecule has 1 rings (SSSR count). The van der Waals surface area contributed by atoms with Gasteiger partial charge in [-0.15, -0.1) is 0 Å².